The number of nitrogens with zero attached hydrogens (tertiary/aromatic N) is 1. The molecular weight excluding hydrogens is 260 g/mol. The highest BCUT2D eigenvalue weighted by atomic mass is 16.1. The molecule has 1 heterocycles. The molecule has 1 aliphatic rings. The third-order valence-electron chi connectivity index (χ3n) is 3.91. The molecule has 0 aliphatic carbocycles. The molecule has 0 bridgehead atoms. The number of rotatable bonds is 1. The highest BCUT2D eigenvalue weighted by molar-refractivity contribution is 6.16. The zero-order valence-corrected chi connectivity index (χ0v) is 12.3. The fraction of sp³-hybridized carbons (Fsp3) is 0.222. The van der Waals surface area contributed by atoms with Crippen LogP contribution in [0.15, 0.2) is 47.5 Å². The van der Waals surface area contributed by atoms with Gasteiger partial charge in [-0.2, -0.15) is 0 Å². The van der Waals surface area contributed by atoms with E-state index in [-0.39, 0.29) is 5.78 Å². The minimum atomic E-state index is -0.785. The Morgan fingerprint density at radius 1 is 1.14 bits per heavy atom. The van der Waals surface area contributed by atoms with Crippen molar-refractivity contribution < 1.29 is 4.79 Å². The first-order chi connectivity index (χ1) is 10.1. The standard InChI is InChI=1S/C18H18N2O/c1-11-5-3-7-13(9-11)17-14-8-4-6-12(2)15(14)10-16(21)18(19)20-17/h3-9,18H,10,19H2,1-2H3. The first kappa shape index (κ1) is 13.7. The second kappa shape index (κ2) is 5.26. The Morgan fingerprint density at radius 2 is 1.90 bits per heavy atom. The van der Waals surface area contributed by atoms with Gasteiger partial charge in [0.1, 0.15) is 0 Å². The Kier molecular flexibility index (Phi) is 3.43. The third-order valence-corrected chi connectivity index (χ3v) is 3.91. The van der Waals surface area contributed by atoms with Gasteiger partial charge in [-0.1, -0.05) is 42.0 Å². The highest BCUT2D eigenvalue weighted by Gasteiger charge is 2.24. The van der Waals surface area contributed by atoms with E-state index in [0.717, 1.165) is 33.5 Å². The molecule has 0 spiro atoms. The van der Waals surface area contributed by atoms with E-state index in [2.05, 4.69) is 11.1 Å². The van der Waals surface area contributed by atoms with Crippen LogP contribution in [0.2, 0.25) is 0 Å². The first-order valence-electron chi connectivity index (χ1n) is 7.08. The lowest BCUT2D eigenvalue weighted by molar-refractivity contribution is -0.119. The summed E-state index contributed by atoms with van der Waals surface area (Å²) in [4.78, 5) is 16.6. The fourth-order valence-electron chi connectivity index (χ4n) is 2.74. The zero-order valence-electron chi connectivity index (χ0n) is 12.3. The van der Waals surface area contributed by atoms with E-state index in [1.807, 2.05) is 50.2 Å². The van der Waals surface area contributed by atoms with Gasteiger partial charge in [-0.3, -0.25) is 9.79 Å². The van der Waals surface area contributed by atoms with Crippen LogP contribution in [0.4, 0.5) is 0 Å². The Hall–Kier alpha value is -2.26. The average molecular weight is 278 g/mol. The molecule has 3 heteroatoms. The third kappa shape index (κ3) is 2.52. The van der Waals surface area contributed by atoms with Crippen LogP contribution in [0, 0.1) is 13.8 Å². The lowest BCUT2D eigenvalue weighted by Gasteiger charge is -2.12. The van der Waals surface area contributed by atoms with Crippen LogP contribution in [0.5, 0.6) is 0 Å². The summed E-state index contributed by atoms with van der Waals surface area (Å²) in [7, 11) is 0. The number of hydrogen-bond acceptors (Lipinski definition) is 3. The number of fused-ring (bicyclic) bond motifs is 1. The predicted octanol–water partition coefficient (Wildman–Crippen LogP) is 2.55. The second-order valence-corrected chi connectivity index (χ2v) is 5.54. The summed E-state index contributed by atoms with van der Waals surface area (Å²) >= 11 is 0. The van der Waals surface area contributed by atoms with Crippen molar-refractivity contribution in [1.29, 1.82) is 0 Å². The van der Waals surface area contributed by atoms with Crippen LogP contribution in [0.25, 0.3) is 0 Å². The lowest BCUT2D eigenvalue weighted by atomic mass is 9.92. The summed E-state index contributed by atoms with van der Waals surface area (Å²) < 4.78 is 0. The molecule has 106 valence electrons. The van der Waals surface area contributed by atoms with E-state index in [9.17, 15) is 4.79 Å². The normalized spacial score (nSPS) is 18.0. The van der Waals surface area contributed by atoms with Crippen molar-refractivity contribution in [2.75, 3.05) is 0 Å². The Labute approximate surface area is 124 Å². The molecule has 3 rings (SSSR count). The number of ketones is 1. The van der Waals surface area contributed by atoms with Gasteiger partial charge in [0.25, 0.3) is 0 Å². The van der Waals surface area contributed by atoms with Crippen molar-refractivity contribution in [3.05, 3.63) is 70.3 Å². The van der Waals surface area contributed by atoms with Gasteiger partial charge in [-0.15, -0.1) is 0 Å². The van der Waals surface area contributed by atoms with Gasteiger partial charge in [0, 0.05) is 17.5 Å². The van der Waals surface area contributed by atoms with Gasteiger partial charge in [0.2, 0.25) is 0 Å². The van der Waals surface area contributed by atoms with Gasteiger partial charge in [0.15, 0.2) is 11.9 Å². The highest BCUT2D eigenvalue weighted by Crippen LogP contribution is 2.23. The van der Waals surface area contributed by atoms with Crippen molar-refractivity contribution in [2.24, 2.45) is 10.7 Å². The quantitative estimate of drug-likeness (QED) is 0.871. The van der Waals surface area contributed by atoms with Gasteiger partial charge in [-0.25, -0.2) is 0 Å². The molecule has 21 heavy (non-hydrogen) atoms. The van der Waals surface area contributed by atoms with E-state index in [1.54, 1.807) is 0 Å². The largest absolute Gasteiger partial charge is 0.303 e. The summed E-state index contributed by atoms with van der Waals surface area (Å²) in [5, 5.41) is 0. The molecule has 1 aliphatic heterocycles. The molecule has 0 aromatic heterocycles. The SMILES string of the molecule is Cc1cccc(C2=NC(N)C(=O)Cc3c(C)cccc32)c1. The zero-order chi connectivity index (χ0) is 15.0. The molecule has 2 aromatic carbocycles. The van der Waals surface area contributed by atoms with Crippen LogP contribution < -0.4 is 5.73 Å². The van der Waals surface area contributed by atoms with Crippen molar-refractivity contribution in [2.45, 2.75) is 26.4 Å². The van der Waals surface area contributed by atoms with E-state index >= 15 is 0 Å². The molecule has 0 saturated heterocycles. The van der Waals surface area contributed by atoms with Gasteiger partial charge >= 0.3 is 0 Å². The maximum Gasteiger partial charge on any atom is 0.175 e. The number of aliphatic imine (C=N–C) groups is 1. The number of aryl methyl sites for hydroxylation is 2. The maximum atomic E-state index is 12.1. The van der Waals surface area contributed by atoms with Crippen LogP contribution in [0.1, 0.15) is 27.8 Å². The molecule has 3 nitrogen and oxygen atoms in total. The first-order valence-corrected chi connectivity index (χ1v) is 7.08. The summed E-state index contributed by atoms with van der Waals surface area (Å²) in [6.07, 6.45) is -0.436. The number of benzene rings is 2. The summed E-state index contributed by atoms with van der Waals surface area (Å²) in [6.45, 7) is 4.07. The number of hydrogen-bond donors (Lipinski definition) is 1. The molecule has 0 amide bonds. The number of Topliss-reactive ketones (excluding diaryl/α,β-unsaturated/α-hetero) is 1. The van der Waals surface area contributed by atoms with Crippen molar-refractivity contribution in [3.63, 3.8) is 0 Å². The molecule has 0 fully saturated rings. The molecular formula is C18H18N2O. The van der Waals surface area contributed by atoms with Crippen molar-refractivity contribution in [3.8, 4) is 0 Å². The fourth-order valence-corrected chi connectivity index (χ4v) is 2.74. The van der Waals surface area contributed by atoms with Crippen LogP contribution >= 0.6 is 0 Å². The van der Waals surface area contributed by atoms with E-state index < -0.39 is 6.17 Å². The number of carbonyl (C=O) groups excluding carboxylic acids is 1. The smallest absolute Gasteiger partial charge is 0.175 e. The van der Waals surface area contributed by atoms with Crippen molar-refractivity contribution >= 4 is 11.5 Å². The van der Waals surface area contributed by atoms with Gasteiger partial charge < -0.3 is 5.73 Å². The van der Waals surface area contributed by atoms with E-state index in [0.29, 0.717) is 6.42 Å². The molecule has 1 atom stereocenters. The predicted molar refractivity (Wildman–Crippen MR) is 84.7 cm³/mol. The topological polar surface area (TPSA) is 55.4 Å². The molecule has 0 saturated carbocycles. The van der Waals surface area contributed by atoms with E-state index in [1.165, 1.54) is 0 Å². The van der Waals surface area contributed by atoms with Gasteiger partial charge in [0.05, 0.1) is 5.71 Å². The van der Waals surface area contributed by atoms with Crippen molar-refractivity contribution in [1.82, 2.24) is 0 Å². The Morgan fingerprint density at radius 3 is 2.67 bits per heavy atom. The molecule has 1 unspecified atom stereocenters. The average Bonchev–Trinajstić information content (AvgIpc) is 2.58. The molecule has 2 aromatic rings. The van der Waals surface area contributed by atoms with Gasteiger partial charge in [-0.05, 0) is 31.0 Å². The minimum absolute atomic E-state index is 0.0341. The number of nitrogens with two attached hydrogens (primary N) is 1. The van der Waals surface area contributed by atoms with Crippen LogP contribution in [-0.2, 0) is 11.2 Å². The molecule has 0 radical (unpaired) electrons. The van der Waals surface area contributed by atoms with Crippen LogP contribution in [0.3, 0.4) is 0 Å². The van der Waals surface area contributed by atoms with Crippen LogP contribution in [-0.4, -0.2) is 17.7 Å². The Balaban J connectivity index is 2.25. The monoisotopic (exact) mass is 278 g/mol. The number of carbonyl (C=O) groups is 1. The maximum absolute atomic E-state index is 12.1. The second-order valence-electron chi connectivity index (χ2n) is 5.54. The lowest BCUT2D eigenvalue weighted by Crippen LogP contribution is -2.29. The summed E-state index contributed by atoms with van der Waals surface area (Å²) in [5.74, 6) is -0.0341. The Bertz CT molecular complexity index is 747. The summed E-state index contributed by atoms with van der Waals surface area (Å²) in [6, 6.07) is 14.2. The summed E-state index contributed by atoms with van der Waals surface area (Å²) in [5.41, 5.74) is 12.1. The minimum Gasteiger partial charge on any atom is -0.303 e. The molecule has 2 N–H and O–H groups in total. The van der Waals surface area contributed by atoms with E-state index in [4.69, 9.17) is 5.73 Å².